The highest BCUT2D eigenvalue weighted by Crippen LogP contribution is 2.12. The summed E-state index contributed by atoms with van der Waals surface area (Å²) in [5, 5.41) is 1.09. The van der Waals surface area contributed by atoms with Crippen LogP contribution >= 0.6 is 11.3 Å². The Balaban J connectivity index is 2.64. The van der Waals surface area contributed by atoms with Gasteiger partial charge in [-0.2, -0.15) is 0 Å². The molecule has 0 bridgehead atoms. The lowest BCUT2D eigenvalue weighted by atomic mass is 10.3. The number of rotatable bonds is 2. The third kappa shape index (κ3) is 2.82. The van der Waals surface area contributed by atoms with E-state index in [1.165, 1.54) is 4.88 Å². The van der Waals surface area contributed by atoms with E-state index in [1.807, 2.05) is 32.2 Å². The highest BCUT2D eigenvalue weighted by Gasteiger charge is 1.92. The second-order valence-corrected chi connectivity index (χ2v) is 3.77. The van der Waals surface area contributed by atoms with Gasteiger partial charge in [0.1, 0.15) is 0 Å². The Kier molecular flexibility index (Phi) is 2.79. The van der Waals surface area contributed by atoms with Crippen molar-refractivity contribution in [3.8, 4) is 0 Å². The van der Waals surface area contributed by atoms with Crippen LogP contribution in [0.1, 0.15) is 16.8 Å². The second-order valence-electron chi connectivity index (χ2n) is 2.50. The van der Waals surface area contributed by atoms with Crippen LogP contribution in [0.4, 0.5) is 0 Å². The number of hydrogen-bond acceptors (Lipinski definition) is 3. The fourth-order valence-corrected chi connectivity index (χ4v) is 1.40. The van der Waals surface area contributed by atoms with Gasteiger partial charge in [0, 0.05) is 17.1 Å². The Hall–Kier alpha value is -0.670. The van der Waals surface area contributed by atoms with Crippen LogP contribution in [0.3, 0.4) is 0 Å². The van der Waals surface area contributed by atoms with Crippen molar-refractivity contribution in [2.75, 3.05) is 0 Å². The molecule has 2 N–H and O–H groups in total. The van der Waals surface area contributed by atoms with Crippen molar-refractivity contribution in [1.82, 2.24) is 4.98 Å². The van der Waals surface area contributed by atoms with Crippen molar-refractivity contribution in [3.05, 3.63) is 22.2 Å². The Labute approximate surface area is 70.8 Å². The largest absolute Gasteiger partial charge is 0.325 e. The van der Waals surface area contributed by atoms with Crippen molar-refractivity contribution in [2.45, 2.75) is 19.9 Å². The van der Waals surface area contributed by atoms with Crippen LogP contribution in [0.5, 0.6) is 0 Å². The first-order valence-corrected chi connectivity index (χ1v) is 4.36. The van der Waals surface area contributed by atoms with E-state index in [0.717, 1.165) is 5.01 Å². The fourth-order valence-electron chi connectivity index (χ4n) is 0.701. The van der Waals surface area contributed by atoms with E-state index in [1.54, 1.807) is 11.3 Å². The van der Waals surface area contributed by atoms with Crippen LogP contribution in [-0.4, -0.2) is 11.0 Å². The third-order valence-corrected chi connectivity index (χ3v) is 2.08. The van der Waals surface area contributed by atoms with Crippen molar-refractivity contribution in [3.63, 3.8) is 0 Å². The average molecular weight is 168 g/mol. The molecule has 0 aliphatic carbocycles. The standard InChI is InChI=1S/C8H12N2S/c1-6(9)3-4-8-5-10-7(2)11-8/h3-6H,9H2,1-2H3/b4-3+. The SMILES string of the molecule is Cc1ncc(/C=C/C(C)N)s1. The molecular formula is C8H12N2S. The van der Waals surface area contributed by atoms with Gasteiger partial charge in [-0.1, -0.05) is 6.08 Å². The van der Waals surface area contributed by atoms with Gasteiger partial charge in [0.05, 0.1) is 5.01 Å². The van der Waals surface area contributed by atoms with E-state index < -0.39 is 0 Å². The van der Waals surface area contributed by atoms with Gasteiger partial charge in [-0.05, 0) is 19.9 Å². The molecule has 0 aliphatic heterocycles. The minimum Gasteiger partial charge on any atom is -0.325 e. The molecule has 3 heteroatoms. The minimum absolute atomic E-state index is 0.123. The summed E-state index contributed by atoms with van der Waals surface area (Å²) in [7, 11) is 0. The third-order valence-electron chi connectivity index (χ3n) is 1.20. The molecule has 0 aromatic carbocycles. The normalized spacial score (nSPS) is 14.1. The van der Waals surface area contributed by atoms with Crippen molar-refractivity contribution >= 4 is 17.4 Å². The summed E-state index contributed by atoms with van der Waals surface area (Å²) in [6, 6.07) is 0.123. The summed E-state index contributed by atoms with van der Waals surface area (Å²) in [5.74, 6) is 0. The number of nitrogens with two attached hydrogens (primary N) is 1. The van der Waals surface area contributed by atoms with E-state index in [0.29, 0.717) is 0 Å². The Morgan fingerprint density at radius 3 is 2.91 bits per heavy atom. The first-order chi connectivity index (χ1) is 5.18. The lowest BCUT2D eigenvalue weighted by Gasteiger charge is -1.91. The predicted octanol–water partition coefficient (Wildman–Crippen LogP) is 1.81. The van der Waals surface area contributed by atoms with E-state index in [-0.39, 0.29) is 6.04 Å². The van der Waals surface area contributed by atoms with Crippen LogP contribution in [0, 0.1) is 6.92 Å². The topological polar surface area (TPSA) is 38.9 Å². The van der Waals surface area contributed by atoms with Crippen LogP contribution < -0.4 is 5.73 Å². The number of aromatic nitrogens is 1. The lowest BCUT2D eigenvalue weighted by Crippen LogP contribution is -2.09. The average Bonchev–Trinajstić information content (AvgIpc) is 2.31. The van der Waals surface area contributed by atoms with Gasteiger partial charge >= 0.3 is 0 Å². The maximum Gasteiger partial charge on any atom is 0.0900 e. The molecule has 0 spiro atoms. The molecule has 0 radical (unpaired) electrons. The minimum atomic E-state index is 0.123. The highest BCUT2D eigenvalue weighted by molar-refractivity contribution is 7.12. The predicted molar refractivity (Wildman–Crippen MR) is 49.5 cm³/mol. The first-order valence-electron chi connectivity index (χ1n) is 3.54. The Morgan fingerprint density at radius 2 is 2.45 bits per heavy atom. The van der Waals surface area contributed by atoms with E-state index in [9.17, 15) is 0 Å². The highest BCUT2D eigenvalue weighted by atomic mass is 32.1. The van der Waals surface area contributed by atoms with Gasteiger partial charge < -0.3 is 5.73 Å². The molecule has 1 aromatic heterocycles. The molecule has 2 nitrogen and oxygen atoms in total. The van der Waals surface area contributed by atoms with Crippen molar-refractivity contribution in [1.29, 1.82) is 0 Å². The summed E-state index contributed by atoms with van der Waals surface area (Å²) in [6.07, 6.45) is 5.83. The molecule has 11 heavy (non-hydrogen) atoms. The maximum absolute atomic E-state index is 5.54. The van der Waals surface area contributed by atoms with Crippen LogP contribution in [0.25, 0.3) is 6.08 Å². The number of hydrogen-bond donors (Lipinski definition) is 1. The molecule has 0 amide bonds. The summed E-state index contributed by atoms with van der Waals surface area (Å²) in [6.45, 7) is 3.94. The molecule has 0 aliphatic rings. The van der Waals surface area contributed by atoms with Crippen LogP contribution in [0.15, 0.2) is 12.3 Å². The van der Waals surface area contributed by atoms with Gasteiger partial charge in [-0.15, -0.1) is 11.3 Å². The van der Waals surface area contributed by atoms with Gasteiger partial charge in [0.2, 0.25) is 0 Å². The van der Waals surface area contributed by atoms with Gasteiger partial charge in [-0.25, -0.2) is 4.98 Å². The Bertz CT molecular complexity index is 250. The van der Waals surface area contributed by atoms with Gasteiger partial charge in [-0.3, -0.25) is 0 Å². The van der Waals surface area contributed by atoms with Crippen molar-refractivity contribution < 1.29 is 0 Å². The number of nitrogens with zero attached hydrogens (tertiary/aromatic N) is 1. The molecule has 0 saturated heterocycles. The molecule has 0 fully saturated rings. The van der Waals surface area contributed by atoms with Crippen LogP contribution in [0.2, 0.25) is 0 Å². The van der Waals surface area contributed by atoms with Gasteiger partial charge in [0.25, 0.3) is 0 Å². The molecular weight excluding hydrogens is 156 g/mol. The monoisotopic (exact) mass is 168 g/mol. The molecule has 1 aromatic rings. The van der Waals surface area contributed by atoms with Gasteiger partial charge in [0.15, 0.2) is 0 Å². The quantitative estimate of drug-likeness (QED) is 0.731. The zero-order chi connectivity index (χ0) is 8.27. The van der Waals surface area contributed by atoms with E-state index in [2.05, 4.69) is 4.98 Å². The van der Waals surface area contributed by atoms with Crippen molar-refractivity contribution in [2.24, 2.45) is 5.73 Å². The Morgan fingerprint density at radius 1 is 1.73 bits per heavy atom. The summed E-state index contributed by atoms with van der Waals surface area (Å²) in [4.78, 5) is 5.29. The first kappa shape index (κ1) is 8.43. The smallest absolute Gasteiger partial charge is 0.0900 e. The van der Waals surface area contributed by atoms with E-state index >= 15 is 0 Å². The van der Waals surface area contributed by atoms with E-state index in [4.69, 9.17) is 5.73 Å². The molecule has 1 atom stereocenters. The molecule has 0 saturated carbocycles. The second kappa shape index (κ2) is 3.64. The summed E-state index contributed by atoms with van der Waals surface area (Å²) < 4.78 is 0. The molecule has 1 unspecified atom stereocenters. The molecule has 1 heterocycles. The zero-order valence-corrected chi connectivity index (χ0v) is 7.56. The lowest BCUT2D eigenvalue weighted by molar-refractivity contribution is 0.931. The molecule has 1 rings (SSSR count). The van der Waals surface area contributed by atoms with Crippen LogP contribution in [-0.2, 0) is 0 Å². The summed E-state index contributed by atoms with van der Waals surface area (Å²) in [5.41, 5.74) is 5.54. The number of thiazole rings is 1. The number of aryl methyl sites for hydroxylation is 1. The maximum atomic E-state index is 5.54. The molecule has 60 valence electrons. The fraction of sp³-hybridized carbons (Fsp3) is 0.375. The zero-order valence-electron chi connectivity index (χ0n) is 6.74. The summed E-state index contributed by atoms with van der Waals surface area (Å²) >= 11 is 1.68.